The normalized spacial score (nSPS) is 12.6. The van der Waals surface area contributed by atoms with Crippen LogP contribution in [0.15, 0.2) is 24.3 Å². The molecule has 2 rings (SSSR count). The first-order valence-corrected chi connectivity index (χ1v) is 6.96. The quantitative estimate of drug-likeness (QED) is 0.634. The van der Waals surface area contributed by atoms with Crippen LogP contribution in [-0.4, -0.2) is 15.8 Å². The predicted molar refractivity (Wildman–Crippen MR) is 77.5 cm³/mol. The number of nitrogens with two attached hydrogens (primary N) is 1. The molecule has 0 aliphatic rings. The van der Waals surface area contributed by atoms with Crippen molar-refractivity contribution in [2.24, 2.45) is 5.84 Å². The molecule has 0 amide bonds. The molecule has 0 aliphatic carbocycles. The Bertz CT molecular complexity index is 589. The number of halogens is 2. The molecule has 0 spiro atoms. The lowest BCUT2D eigenvalue weighted by atomic mass is 10.0. The Kier molecular flexibility index (Phi) is 5.03. The molecule has 4 nitrogen and oxygen atoms in total. The van der Waals surface area contributed by atoms with Crippen molar-refractivity contribution in [3.8, 4) is 0 Å². The van der Waals surface area contributed by atoms with E-state index in [2.05, 4.69) is 10.5 Å². The van der Waals surface area contributed by atoms with E-state index < -0.39 is 11.6 Å². The summed E-state index contributed by atoms with van der Waals surface area (Å²) in [6.45, 7) is 4.72. The summed E-state index contributed by atoms with van der Waals surface area (Å²) >= 11 is 0. The van der Waals surface area contributed by atoms with Crippen molar-refractivity contribution in [2.45, 2.75) is 39.3 Å². The number of benzene rings is 1. The zero-order valence-corrected chi connectivity index (χ0v) is 12.2. The molecule has 1 aromatic heterocycles. The highest BCUT2D eigenvalue weighted by Gasteiger charge is 2.14. The number of rotatable bonds is 6. The third-order valence-corrected chi connectivity index (χ3v) is 3.38. The molecule has 0 fully saturated rings. The third-order valence-electron chi connectivity index (χ3n) is 3.38. The summed E-state index contributed by atoms with van der Waals surface area (Å²) in [7, 11) is 0. The standard InChI is InChI=1S/C15H20F2N4/c1-3-21-15(4-10(2)20-21)9-14(19-18)7-11-5-12(16)8-13(17)6-11/h4-6,8,14,19H,3,7,9,18H2,1-2H3. The van der Waals surface area contributed by atoms with Crippen LogP contribution in [-0.2, 0) is 19.4 Å². The van der Waals surface area contributed by atoms with Gasteiger partial charge in [0.15, 0.2) is 0 Å². The topological polar surface area (TPSA) is 55.9 Å². The number of aryl methyl sites for hydroxylation is 2. The van der Waals surface area contributed by atoms with Gasteiger partial charge in [0, 0.05) is 30.8 Å². The molecule has 2 aromatic rings. The van der Waals surface area contributed by atoms with E-state index in [-0.39, 0.29) is 6.04 Å². The highest BCUT2D eigenvalue weighted by atomic mass is 19.1. The predicted octanol–water partition coefficient (Wildman–Crippen LogP) is 2.11. The smallest absolute Gasteiger partial charge is 0.126 e. The van der Waals surface area contributed by atoms with Gasteiger partial charge in [-0.15, -0.1) is 0 Å². The molecule has 1 aromatic carbocycles. The number of nitrogens with zero attached hydrogens (tertiary/aromatic N) is 2. The molecule has 0 saturated carbocycles. The molecule has 0 radical (unpaired) electrons. The Hall–Kier alpha value is -1.79. The van der Waals surface area contributed by atoms with Gasteiger partial charge in [0.05, 0.1) is 5.69 Å². The summed E-state index contributed by atoms with van der Waals surface area (Å²) in [5.41, 5.74) is 5.29. The number of aromatic nitrogens is 2. The second-order valence-corrected chi connectivity index (χ2v) is 5.14. The van der Waals surface area contributed by atoms with Crippen LogP contribution in [0.5, 0.6) is 0 Å². The fourth-order valence-electron chi connectivity index (χ4n) is 2.49. The lowest BCUT2D eigenvalue weighted by Crippen LogP contribution is -2.39. The molecule has 0 saturated heterocycles. The SMILES string of the molecule is CCn1nc(C)cc1CC(Cc1cc(F)cc(F)c1)NN. The van der Waals surface area contributed by atoms with Gasteiger partial charge in [-0.05, 0) is 44.0 Å². The highest BCUT2D eigenvalue weighted by Crippen LogP contribution is 2.13. The van der Waals surface area contributed by atoms with E-state index in [0.29, 0.717) is 18.4 Å². The van der Waals surface area contributed by atoms with Crippen LogP contribution in [0.3, 0.4) is 0 Å². The monoisotopic (exact) mass is 294 g/mol. The molecule has 0 aliphatic heterocycles. The van der Waals surface area contributed by atoms with Crippen LogP contribution < -0.4 is 11.3 Å². The van der Waals surface area contributed by atoms with Gasteiger partial charge in [-0.2, -0.15) is 5.10 Å². The van der Waals surface area contributed by atoms with Crippen molar-refractivity contribution < 1.29 is 8.78 Å². The third kappa shape index (κ3) is 4.09. The summed E-state index contributed by atoms with van der Waals surface area (Å²) in [6.07, 6.45) is 1.09. The lowest BCUT2D eigenvalue weighted by molar-refractivity contribution is 0.492. The second-order valence-electron chi connectivity index (χ2n) is 5.14. The Morgan fingerprint density at radius 2 is 1.86 bits per heavy atom. The Balaban J connectivity index is 2.12. The van der Waals surface area contributed by atoms with E-state index in [1.54, 1.807) is 0 Å². The van der Waals surface area contributed by atoms with Crippen LogP contribution >= 0.6 is 0 Å². The second kappa shape index (κ2) is 6.78. The van der Waals surface area contributed by atoms with Crippen LogP contribution in [0, 0.1) is 18.6 Å². The summed E-state index contributed by atoms with van der Waals surface area (Å²) in [4.78, 5) is 0. The average Bonchev–Trinajstić information content (AvgIpc) is 2.76. The minimum atomic E-state index is -0.574. The number of hydrogen-bond acceptors (Lipinski definition) is 3. The first kappa shape index (κ1) is 15.6. The Labute approximate surface area is 122 Å². The zero-order chi connectivity index (χ0) is 15.4. The van der Waals surface area contributed by atoms with E-state index in [1.165, 1.54) is 12.1 Å². The van der Waals surface area contributed by atoms with Gasteiger partial charge in [0.25, 0.3) is 0 Å². The first-order valence-electron chi connectivity index (χ1n) is 6.96. The van der Waals surface area contributed by atoms with Gasteiger partial charge in [0.1, 0.15) is 11.6 Å². The molecule has 1 atom stereocenters. The van der Waals surface area contributed by atoms with Crippen LogP contribution in [0.25, 0.3) is 0 Å². The van der Waals surface area contributed by atoms with Gasteiger partial charge in [-0.1, -0.05) is 0 Å². The van der Waals surface area contributed by atoms with E-state index >= 15 is 0 Å². The van der Waals surface area contributed by atoms with Crippen molar-refractivity contribution in [1.29, 1.82) is 0 Å². The van der Waals surface area contributed by atoms with E-state index in [1.807, 2.05) is 24.6 Å². The average molecular weight is 294 g/mol. The largest absolute Gasteiger partial charge is 0.271 e. The molecular formula is C15H20F2N4. The molecule has 114 valence electrons. The summed E-state index contributed by atoms with van der Waals surface area (Å²) in [5, 5.41) is 4.38. The maximum atomic E-state index is 13.2. The maximum absolute atomic E-state index is 13.2. The highest BCUT2D eigenvalue weighted by molar-refractivity contribution is 5.20. The summed E-state index contributed by atoms with van der Waals surface area (Å²) in [6, 6.07) is 5.41. The zero-order valence-electron chi connectivity index (χ0n) is 12.2. The molecule has 1 heterocycles. The van der Waals surface area contributed by atoms with Crippen molar-refractivity contribution in [3.05, 3.63) is 52.9 Å². The van der Waals surface area contributed by atoms with Gasteiger partial charge in [-0.25, -0.2) is 8.78 Å². The van der Waals surface area contributed by atoms with Crippen molar-refractivity contribution in [2.75, 3.05) is 0 Å². The minimum absolute atomic E-state index is 0.118. The van der Waals surface area contributed by atoms with Gasteiger partial charge in [0.2, 0.25) is 0 Å². The van der Waals surface area contributed by atoms with Gasteiger partial charge in [-0.3, -0.25) is 16.0 Å². The van der Waals surface area contributed by atoms with Gasteiger partial charge < -0.3 is 0 Å². The number of hydrogen-bond donors (Lipinski definition) is 2. The molecule has 6 heteroatoms. The van der Waals surface area contributed by atoms with Gasteiger partial charge >= 0.3 is 0 Å². The first-order chi connectivity index (χ1) is 10.0. The summed E-state index contributed by atoms with van der Waals surface area (Å²) in [5.74, 6) is 4.43. The molecular weight excluding hydrogens is 274 g/mol. The molecule has 21 heavy (non-hydrogen) atoms. The minimum Gasteiger partial charge on any atom is -0.271 e. The number of hydrazine groups is 1. The fraction of sp³-hybridized carbons (Fsp3) is 0.400. The summed E-state index contributed by atoms with van der Waals surface area (Å²) < 4.78 is 28.4. The van der Waals surface area contributed by atoms with Crippen molar-refractivity contribution >= 4 is 0 Å². The van der Waals surface area contributed by atoms with Crippen LogP contribution in [0.4, 0.5) is 8.78 Å². The van der Waals surface area contributed by atoms with E-state index in [4.69, 9.17) is 5.84 Å². The van der Waals surface area contributed by atoms with E-state index in [9.17, 15) is 8.78 Å². The lowest BCUT2D eigenvalue weighted by Gasteiger charge is -2.16. The Morgan fingerprint density at radius 3 is 2.43 bits per heavy atom. The van der Waals surface area contributed by atoms with Crippen molar-refractivity contribution in [3.63, 3.8) is 0 Å². The Morgan fingerprint density at radius 1 is 1.19 bits per heavy atom. The van der Waals surface area contributed by atoms with E-state index in [0.717, 1.165) is 24.0 Å². The fourth-order valence-corrected chi connectivity index (χ4v) is 2.49. The molecule has 1 unspecified atom stereocenters. The van der Waals surface area contributed by atoms with Crippen LogP contribution in [0.2, 0.25) is 0 Å². The number of nitrogens with one attached hydrogen (secondary N) is 1. The van der Waals surface area contributed by atoms with Crippen LogP contribution in [0.1, 0.15) is 23.9 Å². The maximum Gasteiger partial charge on any atom is 0.126 e. The molecule has 0 bridgehead atoms. The van der Waals surface area contributed by atoms with Crippen molar-refractivity contribution in [1.82, 2.24) is 15.2 Å². The molecule has 3 N–H and O–H groups in total.